The molecule has 24 heavy (non-hydrogen) atoms. The van der Waals surface area contributed by atoms with Gasteiger partial charge in [0.05, 0.1) is 6.04 Å². The fourth-order valence-electron chi connectivity index (χ4n) is 2.71. The van der Waals surface area contributed by atoms with Crippen LogP contribution in [0, 0.1) is 0 Å². The number of anilines is 1. The highest BCUT2D eigenvalue weighted by Crippen LogP contribution is 2.36. The Bertz CT molecular complexity index is 747. The zero-order valence-corrected chi connectivity index (χ0v) is 13.8. The Balaban J connectivity index is 1.69. The second-order valence-corrected chi connectivity index (χ2v) is 6.58. The maximum Gasteiger partial charge on any atom is 0.410 e. The molecule has 0 bridgehead atoms. The van der Waals surface area contributed by atoms with E-state index in [-0.39, 0.29) is 23.3 Å². The average molecular weight is 346 g/mol. The number of carbonyl (C=O) groups is 2. The third kappa shape index (κ3) is 3.33. The first-order valence-electron chi connectivity index (χ1n) is 7.59. The molecule has 2 aromatic rings. The zero-order chi connectivity index (χ0) is 17.1. The lowest BCUT2D eigenvalue weighted by Crippen LogP contribution is -2.31. The normalized spacial score (nSPS) is 17.0. The first kappa shape index (κ1) is 16.3. The number of aromatic nitrogens is 1. The van der Waals surface area contributed by atoms with E-state index >= 15 is 0 Å². The molecule has 2 amide bonds. The van der Waals surface area contributed by atoms with Crippen molar-refractivity contribution in [1.82, 2.24) is 9.88 Å². The van der Waals surface area contributed by atoms with Crippen molar-refractivity contribution in [3.05, 3.63) is 46.6 Å². The van der Waals surface area contributed by atoms with Crippen molar-refractivity contribution in [1.29, 1.82) is 0 Å². The van der Waals surface area contributed by atoms with Crippen LogP contribution in [0.5, 0.6) is 0 Å². The van der Waals surface area contributed by atoms with E-state index in [1.807, 2.05) is 30.3 Å². The summed E-state index contributed by atoms with van der Waals surface area (Å²) in [5, 5.41) is 0.900. The van der Waals surface area contributed by atoms with Crippen LogP contribution in [0.3, 0.4) is 0 Å². The van der Waals surface area contributed by atoms with E-state index in [0.29, 0.717) is 11.6 Å². The van der Waals surface area contributed by atoms with E-state index in [9.17, 15) is 9.59 Å². The van der Waals surface area contributed by atoms with Crippen molar-refractivity contribution in [3.63, 3.8) is 0 Å². The predicted molar refractivity (Wildman–Crippen MR) is 90.4 cm³/mol. The quantitative estimate of drug-likeness (QED) is 0.882. The number of nitrogen functional groups attached to an aromatic ring is 1. The molecule has 1 aliphatic heterocycles. The molecule has 1 saturated heterocycles. The summed E-state index contributed by atoms with van der Waals surface area (Å²) in [5.74, 6) is -0.661. The Morgan fingerprint density at radius 2 is 2.08 bits per heavy atom. The molecule has 1 aliphatic rings. The smallest absolute Gasteiger partial charge is 0.410 e. The van der Waals surface area contributed by atoms with Crippen molar-refractivity contribution in [2.75, 3.05) is 12.3 Å². The molecular formula is C16H18N4O3S. The molecule has 7 nitrogen and oxygen atoms in total. The minimum absolute atomic E-state index is 0.0690. The van der Waals surface area contributed by atoms with Crippen LogP contribution in [0.2, 0.25) is 0 Å². The van der Waals surface area contributed by atoms with Gasteiger partial charge in [0.25, 0.3) is 5.91 Å². The molecular weight excluding hydrogens is 328 g/mol. The largest absolute Gasteiger partial charge is 0.445 e. The fraction of sp³-hybridized carbons (Fsp3) is 0.312. The van der Waals surface area contributed by atoms with Gasteiger partial charge in [-0.15, -0.1) is 0 Å². The Hall–Kier alpha value is -2.61. The molecule has 2 heterocycles. The number of carbonyl (C=O) groups excluding carboxylic acids is 2. The number of likely N-dealkylation sites (tertiary alicyclic amines) is 1. The number of thiazole rings is 1. The predicted octanol–water partition coefficient (Wildman–Crippen LogP) is 2.30. The Kier molecular flexibility index (Phi) is 4.66. The lowest BCUT2D eigenvalue weighted by atomic mass is 10.2. The number of amides is 2. The minimum Gasteiger partial charge on any atom is -0.445 e. The summed E-state index contributed by atoms with van der Waals surface area (Å²) in [5.41, 5.74) is 12.0. The van der Waals surface area contributed by atoms with Crippen molar-refractivity contribution >= 4 is 28.3 Å². The third-order valence-electron chi connectivity index (χ3n) is 3.88. The van der Waals surface area contributed by atoms with Crippen molar-refractivity contribution < 1.29 is 14.3 Å². The van der Waals surface area contributed by atoms with Crippen LogP contribution in [-0.2, 0) is 11.3 Å². The topological polar surface area (TPSA) is 112 Å². The van der Waals surface area contributed by atoms with Gasteiger partial charge < -0.3 is 16.2 Å². The summed E-state index contributed by atoms with van der Waals surface area (Å²) in [4.78, 5) is 29.5. The molecule has 1 fully saturated rings. The number of primary amides is 1. The van der Waals surface area contributed by atoms with Gasteiger partial charge in [-0.1, -0.05) is 41.7 Å². The molecule has 1 aromatic heterocycles. The SMILES string of the molecule is NC(=O)c1nc(C2CCCN2C(=O)OCc2ccccc2)sc1N. The molecule has 0 saturated carbocycles. The molecule has 3 rings (SSSR count). The lowest BCUT2D eigenvalue weighted by Gasteiger charge is -2.22. The number of hydrogen-bond donors (Lipinski definition) is 2. The Morgan fingerprint density at radius 3 is 2.75 bits per heavy atom. The minimum atomic E-state index is -0.661. The Labute approximate surface area is 143 Å². The van der Waals surface area contributed by atoms with Crippen LogP contribution in [-0.4, -0.2) is 28.4 Å². The highest BCUT2D eigenvalue weighted by molar-refractivity contribution is 7.16. The van der Waals surface area contributed by atoms with Gasteiger partial charge in [-0.25, -0.2) is 9.78 Å². The molecule has 0 aliphatic carbocycles. The molecule has 1 atom stereocenters. The van der Waals surface area contributed by atoms with Gasteiger partial charge in [-0.05, 0) is 18.4 Å². The summed E-state index contributed by atoms with van der Waals surface area (Å²) >= 11 is 1.19. The Morgan fingerprint density at radius 1 is 1.33 bits per heavy atom. The first-order chi connectivity index (χ1) is 11.6. The standard InChI is InChI=1S/C16H18N4O3S/c17-13(21)12-14(18)24-15(19-12)11-7-4-8-20(11)16(22)23-9-10-5-2-1-3-6-10/h1-3,5-6,11H,4,7-9,18H2,(H2,17,21). The molecule has 1 aromatic carbocycles. The van der Waals surface area contributed by atoms with Crippen LogP contribution >= 0.6 is 11.3 Å². The van der Waals surface area contributed by atoms with E-state index in [2.05, 4.69) is 4.98 Å². The first-order valence-corrected chi connectivity index (χ1v) is 8.41. The third-order valence-corrected chi connectivity index (χ3v) is 4.87. The van der Waals surface area contributed by atoms with Crippen LogP contribution in [0.1, 0.15) is 39.9 Å². The highest BCUT2D eigenvalue weighted by Gasteiger charge is 2.34. The lowest BCUT2D eigenvalue weighted by molar-refractivity contribution is 0.0920. The second-order valence-electron chi connectivity index (χ2n) is 5.52. The van der Waals surface area contributed by atoms with Gasteiger partial charge in [0, 0.05) is 6.54 Å². The maximum absolute atomic E-state index is 12.4. The molecule has 126 valence electrons. The van der Waals surface area contributed by atoms with E-state index in [0.717, 1.165) is 18.4 Å². The van der Waals surface area contributed by atoms with Gasteiger partial charge in [0.1, 0.15) is 16.6 Å². The van der Waals surface area contributed by atoms with E-state index in [1.165, 1.54) is 11.3 Å². The monoisotopic (exact) mass is 346 g/mol. The number of rotatable bonds is 4. The summed E-state index contributed by atoms with van der Waals surface area (Å²) in [7, 11) is 0. The summed E-state index contributed by atoms with van der Waals surface area (Å²) in [6.07, 6.45) is 1.21. The van der Waals surface area contributed by atoms with Gasteiger partial charge in [-0.3, -0.25) is 9.69 Å². The summed E-state index contributed by atoms with van der Waals surface area (Å²) in [6.45, 7) is 0.805. The van der Waals surface area contributed by atoms with E-state index in [1.54, 1.807) is 4.90 Å². The van der Waals surface area contributed by atoms with Gasteiger partial charge in [0.2, 0.25) is 0 Å². The van der Waals surface area contributed by atoms with Crippen LogP contribution in [0.4, 0.5) is 9.80 Å². The van der Waals surface area contributed by atoms with Gasteiger partial charge in [0.15, 0.2) is 5.69 Å². The molecule has 0 radical (unpaired) electrons. The molecule has 4 N–H and O–H groups in total. The molecule has 1 unspecified atom stereocenters. The van der Waals surface area contributed by atoms with Crippen LogP contribution < -0.4 is 11.5 Å². The number of hydrogen-bond acceptors (Lipinski definition) is 6. The molecule has 0 spiro atoms. The van der Waals surface area contributed by atoms with Gasteiger partial charge >= 0.3 is 6.09 Å². The van der Waals surface area contributed by atoms with Crippen molar-refractivity contribution in [3.8, 4) is 0 Å². The zero-order valence-electron chi connectivity index (χ0n) is 13.0. The molecule has 8 heteroatoms. The van der Waals surface area contributed by atoms with Crippen molar-refractivity contribution in [2.45, 2.75) is 25.5 Å². The van der Waals surface area contributed by atoms with Crippen LogP contribution in [0.25, 0.3) is 0 Å². The number of benzene rings is 1. The number of ether oxygens (including phenoxy) is 1. The average Bonchev–Trinajstić information content (AvgIpc) is 3.20. The van der Waals surface area contributed by atoms with Gasteiger partial charge in [-0.2, -0.15) is 0 Å². The number of nitrogens with two attached hydrogens (primary N) is 2. The van der Waals surface area contributed by atoms with E-state index in [4.69, 9.17) is 16.2 Å². The summed E-state index contributed by atoms with van der Waals surface area (Å²) in [6, 6.07) is 9.26. The van der Waals surface area contributed by atoms with Crippen molar-refractivity contribution in [2.24, 2.45) is 5.73 Å². The fourth-order valence-corrected chi connectivity index (χ4v) is 3.70. The maximum atomic E-state index is 12.4. The van der Waals surface area contributed by atoms with E-state index < -0.39 is 12.0 Å². The second kappa shape index (κ2) is 6.88. The number of nitrogens with zero attached hydrogens (tertiary/aromatic N) is 2. The van der Waals surface area contributed by atoms with Crippen LogP contribution in [0.15, 0.2) is 30.3 Å². The summed E-state index contributed by atoms with van der Waals surface area (Å²) < 4.78 is 5.39. The highest BCUT2D eigenvalue weighted by atomic mass is 32.1.